The second-order valence-corrected chi connectivity index (χ2v) is 9.19. The van der Waals surface area contributed by atoms with Crippen molar-refractivity contribution in [2.75, 3.05) is 11.1 Å². The predicted octanol–water partition coefficient (Wildman–Crippen LogP) is 6.15. The number of hydrogen-bond donors (Lipinski definition) is 1. The van der Waals surface area contributed by atoms with Crippen molar-refractivity contribution in [1.29, 1.82) is 0 Å². The Morgan fingerprint density at radius 1 is 1.11 bits per heavy atom. The summed E-state index contributed by atoms with van der Waals surface area (Å²) in [7, 11) is 0. The van der Waals surface area contributed by atoms with Gasteiger partial charge >= 0.3 is 0 Å². The molecule has 1 N–H and O–H groups in total. The molecule has 0 radical (unpaired) electrons. The molecular formula is C21H18ClN3OS2. The minimum absolute atomic E-state index is 0.102. The summed E-state index contributed by atoms with van der Waals surface area (Å²) in [6, 6.07) is 11.8. The van der Waals surface area contributed by atoms with Crippen LogP contribution in [0.2, 0.25) is 5.02 Å². The highest BCUT2D eigenvalue weighted by atomic mass is 35.5. The number of aryl methyl sites for hydroxylation is 3. The summed E-state index contributed by atoms with van der Waals surface area (Å²) in [5.41, 5.74) is 5.37. The van der Waals surface area contributed by atoms with E-state index < -0.39 is 0 Å². The number of benzene rings is 2. The Labute approximate surface area is 176 Å². The number of nitrogens with one attached hydrogen (secondary N) is 1. The number of anilines is 1. The van der Waals surface area contributed by atoms with E-state index in [-0.39, 0.29) is 11.7 Å². The number of amides is 1. The summed E-state index contributed by atoms with van der Waals surface area (Å²) in [5, 5.41) is 6.13. The number of aromatic nitrogens is 2. The van der Waals surface area contributed by atoms with Crippen molar-refractivity contribution < 1.29 is 4.79 Å². The molecule has 2 aromatic heterocycles. The average molecular weight is 428 g/mol. The fourth-order valence-electron chi connectivity index (χ4n) is 3.14. The van der Waals surface area contributed by atoms with Crippen LogP contribution in [0.5, 0.6) is 0 Å². The molecule has 0 spiro atoms. The summed E-state index contributed by atoms with van der Waals surface area (Å²) in [6.07, 6.45) is 0. The lowest BCUT2D eigenvalue weighted by atomic mass is 10.0. The number of carbonyl (C=O) groups is 1. The van der Waals surface area contributed by atoms with Gasteiger partial charge in [-0.05, 0) is 62.2 Å². The molecule has 0 bridgehead atoms. The van der Waals surface area contributed by atoms with Gasteiger partial charge in [-0.3, -0.25) is 4.79 Å². The third-order valence-electron chi connectivity index (χ3n) is 4.38. The molecule has 4 nitrogen and oxygen atoms in total. The van der Waals surface area contributed by atoms with Crippen molar-refractivity contribution in [3.8, 4) is 0 Å². The predicted molar refractivity (Wildman–Crippen MR) is 120 cm³/mol. The smallest absolute Gasteiger partial charge is 0.236 e. The Hall–Kier alpha value is -2.15. The third kappa shape index (κ3) is 3.99. The topological polar surface area (TPSA) is 54.9 Å². The molecule has 0 aliphatic carbocycles. The molecule has 28 heavy (non-hydrogen) atoms. The van der Waals surface area contributed by atoms with Gasteiger partial charge < -0.3 is 5.32 Å². The summed E-state index contributed by atoms with van der Waals surface area (Å²) < 4.78 is 0.952. The van der Waals surface area contributed by atoms with Gasteiger partial charge in [0.2, 0.25) is 5.91 Å². The number of pyridine rings is 1. The lowest BCUT2D eigenvalue weighted by Crippen LogP contribution is -2.13. The zero-order valence-electron chi connectivity index (χ0n) is 15.7. The van der Waals surface area contributed by atoms with E-state index in [1.807, 2.05) is 18.2 Å². The van der Waals surface area contributed by atoms with Crippen LogP contribution in [-0.2, 0) is 4.79 Å². The molecular weight excluding hydrogens is 410 g/mol. The Balaban J connectivity index is 1.48. The van der Waals surface area contributed by atoms with Gasteiger partial charge in [0.15, 0.2) is 5.13 Å². The molecule has 0 atom stereocenters. The number of carbonyl (C=O) groups excluding carboxylic acids is 1. The van der Waals surface area contributed by atoms with Gasteiger partial charge in [0.25, 0.3) is 0 Å². The first kappa shape index (κ1) is 19.2. The molecule has 7 heteroatoms. The number of nitrogens with zero attached hydrogens (tertiary/aromatic N) is 2. The number of hydrogen-bond acceptors (Lipinski definition) is 5. The number of thioether (sulfide) groups is 1. The minimum Gasteiger partial charge on any atom is -0.301 e. The van der Waals surface area contributed by atoms with Crippen molar-refractivity contribution in [2.45, 2.75) is 25.8 Å². The third-order valence-corrected chi connectivity index (χ3v) is 6.46. The highest BCUT2D eigenvalue weighted by molar-refractivity contribution is 7.99. The van der Waals surface area contributed by atoms with Crippen molar-refractivity contribution in [3.63, 3.8) is 0 Å². The van der Waals surface area contributed by atoms with Crippen LogP contribution < -0.4 is 5.32 Å². The second kappa shape index (κ2) is 7.70. The molecule has 0 fully saturated rings. The summed E-state index contributed by atoms with van der Waals surface area (Å²) in [6.45, 7) is 6.25. The lowest BCUT2D eigenvalue weighted by Gasteiger charge is -2.09. The standard InChI is InChI=1S/C21H18ClN3OS2/c1-11-6-13(3)20-15(7-11)12(2)8-19(25-20)27-10-18(26)24-21-23-16-5-4-14(22)9-17(16)28-21/h4-9H,10H2,1-3H3,(H,23,24,26). The number of fused-ring (bicyclic) bond motifs is 2. The monoisotopic (exact) mass is 427 g/mol. The van der Waals surface area contributed by atoms with Crippen molar-refractivity contribution in [2.24, 2.45) is 0 Å². The first-order valence-electron chi connectivity index (χ1n) is 8.76. The van der Waals surface area contributed by atoms with Gasteiger partial charge in [-0.15, -0.1) is 0 Å². The van der Waals surface area contributed by atoms with Crippen LogP contribution >= 0.6 is 34.7 Å². The molecule has 142 valence electrons. The number of thiazole rings is 1. The fourth-order valence-corrected chi connectivity index (χ4v) is 5.06. The molecule has 0 saturated carbocycles. The molecule has 2 heterocycles. The van der Waals surface area contributed by atoms with Gasteiger partial charge in [-0.25, -0.2) is 9.97 Å². The molecule has 0 aliphatic rings. The fraction of sp³-hybridized carbons (Fsp3) is 0.190. The molecule has 4 aromatic rings. The van der Waals surface area contributed by atoms with Gasteiger partial charge in [-0.1, -0.05) is 46.3 Å². The van der Waals surface area contributed by atoms with Gasteiger partial charge in [0, 0.05) is 10.4 Å². The Kier molecular flexibility index (Phi) is 5.27. The van der Waals surface area contributed by atoms with E-state index in [2.05, 4.69) is 43.2 Å². The summed E-state index contributed by atoms with van der Waals surface area (Å²) >= 11 is 8.85. The zero-order chi connectivity index (χ0) is 19.8. The minimum atomic E-state index is -0.102. The zero-order valence-corrected chi connectivity index (χ0v) is 18.1. The van der Waals surface area contributed by atoms with E-state index >= 15 is 0 Å². The quantitative estimate of drug-likeness (QED) is 0.396. The van der Waals surface area contributed by atoms with E-state index in [9.17, 15) is 4.79 Å². The maximum Gasteiger partial charge on any atom is 0.236 e. The lowest BCUT2D eigenvalue weighted by molar-refractivity contribution is -0.113. The van der Waals surface area contributed by atoms with Gasteiger partial charge in [0.1, 0.15) is 0 Å². The Morgan fingerprint density at radius 3 is 2.75 bits per heavy atom. The van der Waals surface area contributed by atoms with Crippen LogP contribution in [-0.4, -0.2) is 21.6 Å². The summed E-state index contributed by atoms with van der Waals surface area (Å²) in [4.78, 5) is 21.6. The molecule has 2 aromatic carbocycles. The number of rotatable bonds is 4. The van der Waals surface area contributed by atoms with E-state index in [1.165, 1.54) is 39.6 Å². The normalized spacial score (nSPS) is 11.3. The van der Waals surface area contributed by atoms with Crippen molar-refractivity contribution in [1.82, 2.24) is 9.97 Å². The summed E-state index contributed by atoms with van der Waals surface area (Å²) in [5.74, 6) is 0.176. The van der Waals surface area contributed by atoms with Crippen LogP contribution in [0.25, 0.3) is 21.1 Å². The molecule has 0 saturated heterocycles. The highest BCUT2D eigenvalue weighted by Gasteiger charge is 2.11. The van der Waals surface area contributed by atoms with Crippen LogP contribution in [0.4, 0.5) is 5.13 Å². The molecule has 1 amide bonds. The van der Waals surface area contributed by atoms with E-state index in [0.29, 0.717) is 10.2 Å². The first-order chi connectivity index (χ1) is 13.4. The SMILES string of the molecule is Cc1cc(C)c2nc(SCC(=O)Nc3nc4ccc(Cl)cc4s3)cc(C)c2c1. The molecule has 0 aliphatic heterocycles. The van der Waals surface area contributed by atoms with Gasteiger partial charge in [0.05, 0.1) is 26.5 Å². The second-order valence-electron chi connectivity index (χ2n) is 6.72. The first-order valence-corrected chi connectivity index (χ1v) is 10.9. The van der Waals surface area contributed by atoms with E-state index in [1.54, 1.807) is 6.07 Å². The van der Waals surface area contributed by atoms with E-state index in [4.69, 9.17) is 16.6 Å². The Morgan fingerprint density at radius 2 is 1.93 bits per heavy atom. The largest absolute Gasteiger partial charge is 0.301 e. The Bertz CT molecular complexity index is 1220. The van der Waals surface area contributed by atoms with Crippen LogP contribution in [0.3, 0.4) is 0 Å². The molecule has 4 rings (SSSR count). The van der Waals surface area contributed by atoms with Crippen molar-refractivity contribution in [3.05, 3.63) is 58.1 Å². The van der Waals surface area contributed by atoms with Crippen LogP contribution in [0.15, 0.2) is 41.4 Å². The average Bonchev–Trinajstić information content (AvgIpc) is 3.02. The molecule has 0 unspecified atom stereocenters. The maximum atomic E-state index is 12.4. The van der Waals surface area contributed by atoms with Crippen LogP contribution in [0, 0.1) is 20.8 Å². The highest BCUT2D eigenvalue weighted by Crippen LogP contribution is 2.29. The van der Waals surface area contributed by atoms with Crippen LogP contribution in [0.1, 0.15) is 16.7 Å². The van der Waals surface area contributed by atoms with Crippen molar-refractivity contribution >= 4 is 66.9 Å². The number of halogens is 1. The van der Waals surface area contributed by atoms with E-state index in [0.717, 1.165) is 26.3 Å². The maximum absolute atomic E-state index is 12.4. The van der Waals surface area contributed by atoms with Gasteiger partial charge in [-0.2, -0.15) is 0 Å².